The van der Waals surface area contributed by atoms with Crippen molar-refractivity contribution in [1.82, 2.24) is 25.1 Å². The first-order valence-electron chi connectivity index (χ1n) is 11.5. The van der Waals surface area contributed by atoms with Crippen LogP contribution in [-0.4, -0.2) is 46.1 Å². The Hall–Kier alpha value is -2.39. The minimum absolute atomic E-state index is 0. The molecular weight excluding hydrogens is 523 g/mol. The molecule has 2 aromatic carbocycles. The number of imidazole rings is 1. The molecule has 2 atom stereocenters. The molecule has 1 saturated heterocycles. The molecule has 0 radical (unpaired) electrons. The average Bonchev–Trinajstić information content (AvgIpc) is 3.33. The van der Waals surface area contributed by atoms with E-state index in [1.54, 1.807) is 0 Å². The number of nitrogens with one attached hydrogen (secondary N) is 2. The van der Waals surface area contributed by atoms with Gasteiger partial charge in [-0.15, -0.1) is 24.0 Å². The summed E-state index contributed by atoms with van der Waals surface area (Å²) < 4.78 is 2.07. The molecule has 2 unspecified atom stereocenters. The van der Waals surface area contributed by atoms with E-state index in [-0.39, 0.29) is 24.0 Å². The molecule has 0 bridgehead atoms. The number of likely N-dealkylation sites (tertiary alicyclic amines) is 1. The lowest BCUT2D eigenvalue weighted by Crippen LogP contribution is -2.51. The average molecular weight is 559 g/mol. The number of aliphatic imine (C=N–C) groups is 1. The summed E-state index contributed by atoms with van der Waals surface area (Å²) in [5.74, 6) is 0.876. The van der Waals surface area contributed by atoms with Gasteiger partial charge in [-0.3, -0.25) is 9.89 Å². The zero-order chi connectivity index (χ0) is 22.2. The van der Waals surface area contributed by atoms with Gasteiger partial charge in [-0.1, -0.05) is 54.6 Å². The number of rotatable bonds is 7. The van der Waals surface area contributed by atoms with Crippen molar-refractivity contribution in [2.45, 2.75) is 51.5 Å². The van der Waals surface area contributed by atoms with Crippen LogP contribution in [0.5, 0.6) is 0 Å². The minimum atomic E-state index is 0. The summed E-state index contributed by atoms with van der Waals surface area (Å²) in [6.45, 7) is 6.06. The summed E-state index contributed by atoms with van der Waals surface area (Å²) in [4.78, 5) is 11.1. The van der Waals surface area contributed by atoms with E-state index in [9.17, 15) is 0 Å². The molecule has 0 aliphatic carbocycles. The second kappa shape index (κ2) is 12.7. The number of nitrogens with zero attached hydrogens (tertiary/aromatic N) is 4. The molecule has 0 spiro atoms. The first kappa shape index (κ1) is 25.2. The SMILES string of the molecule is CN=C(NCc1ccc(Cn2ccnc2)cc1)NC1CCN(Cc2ccccc2)C(C)C1.I. The Bertz CT molecular complexity index is 972. The van der Waals surface area contributed by atoms with Crippen molar-refractivity contribution >= 4 is 29.9 Å². The standard InChI is InChI=1S/C26H34N6.HI/c1-21-16-25(12-14-32(21)19-23-6-4-3-5-7-23)30-26(27-2)29-17-22-8-10-24(11-9-22)18-31-15-13-28-20-31;/h3-11,13,15,20-21,25H,12,14,16-19H2,1-2H3,(H2,27,29,30);1H. The molecule has 0 saturated carbocycles. The van der Waals surface area contributed by atoms with Crippen LogP contribution in [0.3, 0.4) is 0 Å². The molecule has 2 N–H and O–H groups in total. The predicted molar refractivity (Wildman–Crippen MR) is 146 cm³/mol. The molecule has 33 heavy (non-hydrogen) atoms. The summed E-state index contributed by atoms with van der Waals surface area (Å²) >= 11 is 0. The fourth-order valence-corrected chi connectivity index (χ4v) is 4.33. The first-order chi connectivity index (χ1) is 15.7. The molecule has 7 heteroatoms. The summed E-state index contributed by atoms with van der Waals surface area (Å²) in [5.41, 5.74) is 3.90. The summed E-state index contributed by atoms with van der Waals surface area (Å²) in [6, 6.07) is 20.5. The largest absolute Gasteiger partial charge is 0.354 e. The highest BCUT2D eigenvalue weighted by molar-refractivity contribution is 14.0. The zero-order valence-corrected chi connectivity index (χ0v) is 21.9. The van der Waals surface area contributed by atoms with Gasteiger partial charge >= 0.3 is 0 Å². The molecule has 1 aliphatic heterocycles. The highest BCUT2D eigenvalue weighted by atomic mass is 127. The monoisotopic (exact) mass is 558 g/mol. The van der Waals surface area contributed by atoms with Gasteiger partial charge in [-0.2, -0.15) is 0 Å². The number of piperidine rings is 1. The molecular formula is C26H35IN6. The summed E-state index contributed by atoms with van der Waals surface area (Å²) in [6.07, 6.45) is 7.89. The Morgan fingerprint density at radius 3 is 2.42 bits per heavy atom. The van der Waals surface area contributed by atoms with E-state index >= 15 is 0 Å². The Balaban J connectivity index is 0.00000306. The van der Waals surface area contributed by atoms with Crippen molar-refractivity contribution in [3.8, 4) is 0 Å². The van der Waals surface area contributed by atoms with Crippen LogP contribution >= 0.6 is 24.0 Å². The van der Waals surface area contributed by atoms with Crippen LogP contribution in [0, 0.1) is 0 Å². The fraction of sp³-hybridized carbons (Fsp3) is 0.385. The van der Waals surface area contributed by atoms with Crippen molar-refractivity contribution < 1.29 is 0 Å². The van der Waals surface area contributed by atoms with Crippen LogP contribution in [0.25, 0.3) is 0 Å². The molecule has 3 aromatic rings. The number of hydrogen-bond donors (Lipinski definition) is 2. The van der Waals surface area contributed by atoms with Gasteiger partial charge in [0.25, 0.3) is 0 Å². The Labute approximate surface area is 214 Å². The van der Waals surface area contributed by atoms with Crippen LogP contribution in [0.4, 0.5) is 0 Å². The van der Waals surface area contributed by atoms with Crippen molar-refractivity contribution in [2.24, 2.45) is 4.99 Å². The summed E-state index contributed by atoms with van der Waals surface area (Å²) in [5, 5.41) is 7.11. The smallest absolute Gasteiger partial charge is 0.191 e. The molecule has 4 rings (SSSR count). The van der Waals surface area contributed by atoms with Gasteiger partial charge in [0.1, 0.15) is 0 Å². The third-order valence-corrected chi connectivity index (χ3v) is 6.21. The van der Waals surface area contributed by atoms with Gasteiger partial charge in [0.05, 0.1) is 6.33 Å². The predicted octanol–water partition coefficient (Wildman–Crippen LogP) is 4.27. The fourth-order valence-electron chi connectivity index (χ4n) is 4.33. The zero-order valence-electron chi connectivity index (χ0n) is 19.5. The molecule has 176 valence electrons. The Morgan fingerprint density at radius 2 is 1.76 bits per heavy atom. The first-order valence-corrected chi connectivity index (χ1v) is 11.5. The normalized spacial score (nSPS) is 19.0. The van der Waals surface area contributed by atoms with E-state index in [4.69, 9.17) is 0 Å². The maximum atomic E-state index is 4.45. The quantitative estimate of drug-likeness (QED) is 0.259. The van der Waals surface area contributed by atoms with Crippen molar-refractivity contribution in [2.75, 3.05) is 13.6 Å². The van der Waals surface area contributed by atoms with E-state index in [2.05, 4.69) is 91.6 Å². The second-order valence-corrected chi connectivity index (χ2v) is 8.65. The van der Waals surface area contributed by atoms with E-state index in [0.717, 1.165) is 45.0 Å². The van der Waals surface area contributed by atoms with E-state index in [0.29, 0.717) is 12.1 Å². The van der Waals surface area contributed by atoms with Gasteiger partial charge in [0.15, 0.2) is 5.96 Å². The lowest BCUT2D eigenvalue weighted by Gasteiger charge is -2.38. The van der Waals surface area contributed by atoms with Crippen LogP contribution < -0.4 is 10.6 Å². The molecule has 2 heterocycles. The van der Waals surface area contributed by atoms with Crippen LogP contribution in [0.15, 0.2) is 78.3 Å². The number of aromatic nitrogens is 2. The number of benzene rings is 2. The van der Waals surface area contributed by atoms with Gasteiger partial charge in [0, 0.05) is 57.7 Å². The third kappa shape index (κ3) is 7.57. The Morgan fingerprint density at radius 1 is 1.03 bits per heavy atom. The number of halogens is 1. The highest BCUT2D eigenvalue weighted by Gasteiger charge is 2.25. The molecule has 1 aromatic heterocycles. The number of guanidine groups is 1. The molecule has 1 fully saturated rings. The molecule has 1 aliphatic rings. The topological polar surface area (TPSA) is 57.5 Å². The maximum absolute atomic E-state index is 4.45. The maximum Gasteiger partial charge on any atom is 0.191 e. The highest BCUT2D eigenvalue weighted by Crippen LogP contribution is 2.20. The van der Waals surface area contributed by atoms with Crippen LogP contribution in [0.2, 0.25) is 0 Å². The lowest BCUT2D eigenvalue weighted by molar-refractivity contribution is 0.134. The van der Waals surface area contributed by atoms with Gasteiger partial charge in [-0.25, -0.2) is 4.98 Å². The van der Waals surface area contributed by atoms with Crippen molar-refractivity contribution in [1.29, 1.82) is 0 Å². The van der Waals surface area contributed by atoms with Crippen LogP contribution in [-0.2, 0) is 19.6 Å². The van der Waals surface area contributed by atoms with Crippen LogP contribution in [0.1, 0.15) is 36.5 Å². The van der Waals surface area contributed by atoms with E-state index < -0.39 is 0 Å². The number of hydrogen-bond acceptors (Lipinski definition) is 3. The van der Waals surface area contributed by atoms with Gasteiger partial charge in [-0.05, 0) is 36.5 Å². The second-order valence-electron chi connectivity index (χ2n) is 8.65. The van der Waals surface area contributed by atoms with Crippen molar-refractivity contribution in [3.05, 3.63) is 90.0 Å². The van der Waals surface area contributed by atoms with Gasteiger partial charge < -0.3 is 15.2 Å². The molecule has 0 amide bonds. The van der Waals surface area contributed by atoms with Crippen molar-refractivity contribution in [3.63, 3.8) is 0 Å². The Kier molecular flexibility index (Phi) is 9.75. The third-order valence-electron chi connectivity index (χ3n) is 6.21. The molecule has 6 nitrogen and oxygen atoms in total. The summed E-state index contributed by atoms with van der Waals surface area (Å²) in [7, 11) is 1.84. The van der Waals surface area contributed by atoms with E-state index in [1.165, 1.54) is 16.7 Å². The lowest BCUT2D eigenvalue weighted by atomic mass is 9.97. The minimum Gasteiger partial charge on any atom is -0.354 e. The van der Waals surface area contributed by atoms with Gasteiger partial charge in [0.2, 0.25) is 0 Å². The van der Waals surface area contributed by atoms with E-state index in [1.807, 2.05) is 25.8 Å².